The first-order valence-corrected chi connectivity index (χ1v) is 8.45. The highest BCUT2D eigenvalue weighted by Crippen LogP contribution is 2.36. The Bertz CT molecular complexity index is 670. The molecule has 2 aliphatic rings. The van der Waals surface area contributed by atoms with Crippen molar-refractivity contribution >= 4 is 22.9 Å². The average molecular weight is 316 g/mol. The third kappa shape index (κ3) is 2.44. The lowest BCUT2D eigenvalue weighted by molar-refractivity contribution is -0.120. The van der Waals surface area contributed by atoms with Crippen LogP contribution < -0.4 is 4.90 Å². The van der Waals surface area contributed by atoms with Crippen molar-refractivity contribution in [3.63, 3.8) is 0 Å². The molecule has 1 aromatic heterocycles. The van der Waals surface area contributed by atoms with Gasteiger partial charge in [0.1, 0.15) is 5.82 Å². The minimum Gasteiger partial charge on any atom is -0.311 e. The smallest absolute Gasteiger partial charge is 0.231 e. The van der Waals surface area contributed by atoms with Crippen LogP contribution in [0.3, 0.4) is 0 Å². The van der Waals surface area contributed by atoms with Crippen LogP contribution in [-0.2, 0) is 11.3 Å². The van der Waals surface area contributed by atoms with E-state index < -0.39 is 0 Å². The van der Waals surface area contributed by atoms with Gasteiger partial charge in [0.15, 0.2) is 0 Å². The molecule has 5 heteroatoms. The van der Waals surface area contributed by atoms with Crippen LogP contribution in [0, 0.1) is 17.7 Å². The first kappa shape index (κ1) is 13.9. The summed E-state index contributed by atoms with van der Waals surface area (Å²) in [6.07, 6.45) is 0. The number of halogens is 1. The fraction of sp³-hybridized carbons (Fsp3) is 0.353. The topological polar surface area (TPSA) is 23.6 Å². The van der Waals surface area contributed by atoms with E-state index in [1.807, 2.05) is 33.9 Å². The molecule has 0 spiro atoms. The number of likely N-dealkylation sites (tertiary alicyclic amines) is 1. The van der Waals surface area contributed by atoms with Crippen LogP contribution in [0.4, 0.5) is 10.1 Å². The first-order chi connectivity index (χ1) is 10.7. The van der Waals surface area contributed by atoms with E-state index in [4.69, 9.17) is 0 Å². The Kier molecular flexibility index (Phi) is 3.47. The summed E-state index contributed by atoms with van der Waals surface area (Å²) in [5, 5.41) is 4.05. The maximum Gasteiger partial charge on any atom is 0.231 e. The molecule has 114 valence electrons. The summed E-state index contributed by atoms with van der Waals surface area (Å²) in [6.45, 7) is 3.36. The number of benzene rings is 1. The van der Waals surface area contributed by atoms with Gasteiger partial charge in [-0.2, -0.15) is 11.3 Å². The fourth-order valence-electron chi connectivity index (χ4n) is 3.57. The highest BCUT2D eigenvalue weighted by molar-refractivity contribution is 7.08. The number of anilines is 1. The maximum atomic E-state index is 13.0. The summed E-state index contributed by atoms with van der Waals surface area (Å²) >= 11 is 1.63. The number of hydrogen-bond acceptors (Lipinski definition) is 3. The Balaban J connectivity index is 1.42. The van der Waals surface area contributed by atoms with Crippen LogP contribution in [0.2, 0.25) is 0 Å². The van der Waals surface area contributed by atoms with Gasteiger partial charge in [0.25, 0.3) is 0 Å². The van der Waals surface area contributed by atoms with Crippen LogP contribution in [-0.4, -0.2) is 30.4 Å². The number of thiophene rings is 1. The Labute approximate surface area is 133 Å². The van der Waals surface area contributed by atoms with E-state index in [1.54, 1.807) is 11.3 Å². The van der Waals surface area contributed by atoms with E-state index in [2.05, 4.69) is 4.90 Å². The molecule has 0 radical (unpaired) electrons. The molecule has 0 N–H and O–H groups in total. The lowest BCUT2D eigenvalue weighted by Crippen LogP contribution is -2.32. The van der Waals surface area contributed by atoms with Crippen molar-refractivity contribution in [1.82, 2.24) is 4.90 Å². The Morgan fingerprint density at radius 3 is 2.64 bits per heavy atom. The van der Waals surface area contributed by atoms with Crippen molar-refractivity contribution in [1.29, 1.82) is 0 Å². The zero-order valence-corrected chi connectivity index (χ0v) is 12.9. The quantitative estimate of drug-likeness (QED) is 0.869. The zero-order valence-electron chi connectivity index (χ0n) is 12.1. The summed E-state index contributed by atoms with van der Waals surface area (Å²) in [5.74, 6) is 0.571. The highest BCUT2D eigenvalue weighted by Gasteiger charge is 2.46. The standard InChI is InChI=1S/C17H17FN2OS/c18-14-3-1-12(2-4-14)7-19-8-13-9-20(15-5-6-22-11-15)17(21)16(13)10-19/h1-6,11,13,16H,7-10H2/t13-,16-/m1/s1. The van der Waals surface area contributed by atoms with Crippen molar-refractivity contribution in [3.05, 3.63) is 52.5 Å². The van der Waals surface area contributed by atoms with Gasteiger partial charge in [-0.1, -0.05) is 12.1 Å². The minimum atomic E-state index is -0.205. The Morgan fingerprint density at radius 1 is 1.14 bits per heavy atom. The molecule has 0 bridgehead atoms. The number of carbonyl (C=O) groups is 1. The monoisotopic (exact) mass is 316 g/mol. The Morgan fingerprint density at radius 2 is 1.95 bits per heavy atom. The average Bonchev–Trinajstić information content (AvgIpc) is 3.20. The molecule has 2 fully saturated rings. The molecule has 0 saturated carbocycles. The second-order valence-corrected chi connectivity index (χ2v) is 6.90. The highest BCUT2D eigenvalue weighted by atomic mass is 32.1. The zero-order chi connectivity index (χ0) is 15.1. The summed E-state index contributed by atoms with van der Waals surface area (Å²) in [6, 6.07) is 8.65. The SMILES string of the molecule is O=C1[C@@H]2CN(Cc3ccc(F)cc3)C[C@@H]2CN1c1ccsc1. The lowest BCUT2D eigenvalue weighted by Gasteiger charge is -2.21. The minimum absolute atomic E-state index is 0.111. The second kappa shape index (κ2) is 5.48. The summed E-state index contributed by atoms with van der Waals surface area (Å²) in [5.41, 5.74) is 2.14. The molecular formula is C17H17FN2OS. The van der Waals surface area contributed by atoms with Crippen molar-refractivity contribution in [2.45, 2.75) is 6.54 Å². The van der Waals surface area contributed by atoms with Crippen molar-refractivity contribution in [2.75, 3.05) is 24.5 Å². The molecular weight excluding hydrogens is 299 g/mol. The number of nitrogens with zero attached hydrogens (tertiary/aromatic N) is 2. The van der Waals surface area contributed by atoms with E-state index in [0.717, 1.165) is 37.4 Å². The molecule has 2 atom stereocenters. The van der Waals surface area contributed by atoms with E-state index in [-0.39, 0.29) is 17.6 Å². The predicted octanol–water partition coefficient (Wildman–Crippen LogP) is 2.98. The molecule has 4 rings (SSSR count). The van der Waals surface area contributed by atoms with Crippen LogP contribution in [0.15, 0.2) is 41.1 Å². The molecule has 2 aliphatic heterocycles. The van der Waals surface area contributed by atoms with Gasteiger partial charge >= 0.3 is 0 Å². The van der Waals surface area contributed by atoms with Gasteiger partial charge in [-0.25, -0.2) is 4.39 Å². The van der Waals surface area contributed by atoms with Crippen LogP contribution >= 0.6 is 11.3 Å². The van der Waals surface area contributed by atoms with E-state index in [0.29, 0.717) is 5.92 Å². The number of hydrogen-bond donors (Lipinski definition) is 0. The van der Waals surface area contributed by atoms with Gasteiger partial charge < -0.3 is 4.90 Å². The molecule has 0 aliphatic carbocycles. The van der Waals surface area contributed by atoms with Gasteiger partial charge in [0, 0.05) is 37.5 Å². The van der Waals surface area contributed by atoms with E-state index >= 15 is 0 Å². The summed E-state index contributed by atoms with van der Waals surface area (Å²) in [7, 11) is 0. The summed E-state index contributed by atoms with van der Waals surface area (Å²) in [4.78, 5) is 16.8. The fourth-order valence-corrected chi connectivity index (χ4v) is 4.21. The van der Waals surface area contributed by atoms with E-state index in [1.165, 1.54) is 12.1 Å². The van der Waals surface area contributed by atoms with Crippen molar-refractivity contribution in [3.8, 4) is 0 Å². The normalized spacial score (nSPS) is 25.0. The van der Waals surface area contributed by atoms with E-state index in [9.17, 15) is 9.18 Å². The van der Waals surface area contributed by atoms with Crippen molar-refractivity contribution in [2.24, 2.45) is 11.8 Å². The third-order valence-corrected chi connectivity index (χ3v) is 5.33. The molecule has 1 aromatic carbocycles. The third-order valence-electron chi connectivity index (χ3n) is 4.65. The largest absolute Gasteiger partial charge is 0.311 e. The Hall–Kier alpha value is -1.72. The van der Waals surface area contributed by atoms with Gasteiger partial charge in [0.05, 0.1) is 11.6 Å². The number of carbonyl (C=O) groups excluding carboxylic acids is 1. The molecule has 2 saturated heterocycles. The second-order valence-electron chi connectivity index (χ2n) is 6.12. The van der Waals surface area contributed by atoms with Gasteiger partial charge in [-0.05, 0) is 29.1 Å². The summed E-state index contributed by atoms with van der Waals surface area (Å²) < 4.78 is 13.0. The number of rotatable bonds is 3. The molecule has 1 amide bonds. The predicted molar refractivity (Wildman–Crippen MR) is 85.3 cm³/mol. The number of amides is 1. The van der Waals surface area contributed by atoms with Gasteiger partial charge in [0.2, 0.25) is 5.91 Å². The molecule has 3 heterocycles. The lowest BCUT2D eigenvalue weighted by atomic mass is 10.0. The molecule has 2 aromatic rings. The van der Waals surface area contributed by atoms with Gasteiger partial charge in [-0.3, -0.25) is 9.69 Å². The van der Waals surface area contributed by atoms with Crippen molar-refractivity contribution < 1.29 is 9.18 Å². The maximum absolute atomic E-state index is 13.0. The number of fused-ring (bicyclic) bond motifs is 1. The van der Waals surface area contributed by atoms with Gasteiger partial charge in [-0.15, -0.1) is 0 Å². The molecule has 3 nitrogen and oxygen atoms in total. The van der Waals surface area contributed by atoms with Crippen LogP contribution in [0.25, 0.3) is 0 Å². The molecule has 22 heavy (non-hydrogen) atoms. The van der Waals surface area contributed by atoms with Crippen LogP contribution in [0.1, 0.15) is 5.56 Å². The molecule has 0 unspecified atom stereocenters. The van der Waals surface area contributed by atoms with Crippen LogP contribution in [0.5, 0.6) is 0 Å². The first-order valence-electron chi connectivity index (χ1n) is 7.51.